The van der Waals surface area contributed by atoms with E-state index in [1.54, 1.807) is 35.4 Å². The van der Waals surface area contributed by atoms with E-state index in [0.29, 0.717) is 11.3 Å². The molecule has 5 nitrogen and oxygen atoms in total. The molecule has 2 aliphatic heterocycles. The van der Waals surface area contributed by atoms with Gasteiger partial charge in [-0.3, -0.25) is 14.4 Å². The first-order valence-corrected chi connectivity index (χ1v) is 10.3. The van der Waals surface area contributed by atoms with Crippen LogP contribution in [-0.2, 0) is 14.4 Å². The highest BCUT2D eigenvalue weighted by atomic mass is 35.5. The van der Waals surface area contributed by atoms with E-state index in [1.165, 1.54) is 12.1 Å². The minimum atomic E-state index is -1.06. The van der Waals surface area contributed by atoms with Crippen molar-refractivity contribution in [3.05, 3.63) is 94.2 Å². The molecule has 2 amide bonds. The van der Waals surface area contributed by atoms with Crippen LogP contribution in [0.15, 0.2) is 72.8 Å². The van der Waals surface area contributed by atoms with Crippen molar-refractivity contribution >= 4 is 46.4 Å². The van der Waals surface area contributed by atoms with Gasteiger partial charge in [0.2, 0.25) is 5.91 Å². The maximum atomic E-state index is 13.6. The zero-order valence-corrected chi connectivity index (χ0v) is 17.4. The van der Waals surface area contributed by atoms with Crippen molar-refractivity contribution in [2.24, 2.45) is 5.92 Å². The van der Waals surface area contributed by atoms with Crippen LogP contribution in [0.25, 0.3) is 0 Å². The normalized spacial score (nSPS) is 22.9. The molecule has 0 aromatic heterocycles. The Kier molecular flexibility index (Phi) is 4.93. The van der Waals surface area contributed by atoms with Crippen molar-refractivity contribution in [3.8, 4) is 0 Å². The fraction of sp³-hybridized carbons (Fsp3) is 0.130. The summed E-state index contributed by atoms with van der Waals surface area (Å²) in [6, 6.07) is 19.1. The molecule has 0 radical (unpaired) electrons. The third-order valence-corrected chi connectivity index (χ3v) is 6.11. The van der Waals surface area contributed by atoms with Crippen LogP contribution in [0.5, 0.6) is 0 Å². The molecule has 0 aliphatic carbocycles. The molecule has 3 aromatic carbocycles. The van der Waals surface area contributed by atoms with Gasteiger partial charge in [0.15, 0.2) is 6.10 Å². The summed E-state index contributed by atoms with van der Waals surface area (Å²) in [6.07, 6.45) is -1.06. The van der Waals surface area contributed by atoms with Crippen LogP contribution in [0.4, 0.5) is 15.8 Å². The molecule has 0 unspecified atom stereocenters. The number of carbonyl (C=O) groups is 2. The van der Waals surface area contributed by atoms with Gasteiger partial charge < -0.3 is 0 Å². The Morgan fingerprint density at radius 2 is 1.45 bits per heavy atom. The van der Waals surface area contributed by atoms with Crippen LogP contribution < -0.4 is 9.96 Å². The van der Waals surface area contributed by atoms with E-state index in [4.69, 9.17) is 28.0 Å². The molecule has 2 fully saturated rings. The first kappa shape index (κ1) is 20.0. The molecule has 2 heterocycles. The number of nitrogens with zero attached hydrogens (tertiary/aromatic N) is 2. The quantitative estimate of drug-likeness (QED) is 0.509. The lowest BCUT2D eigenvalue weighted by Gasteiger charge is -2.29. The largest absolute Gasteiger partial charge is 0.273 e. The van der Waals surface area contributed by atoms with Crippen LogP contribution >= 0.6 is 23.2 Å². The molecule has 156 valence electrons. The summed E-state index contributed by atoms with van der Waals surface area (Å²) in [5, 5.41) is 1.92. The van der Waals surface area contributed by atoms with E-state index < -0.39 is 35.7 Å². The minimum absolute atomic E-state index is 0.142. The molecule has 3 atom stereocenters. The molecule has 2 saturated heterocycles. The van der Waals surface area contributed by atoms with Gasteiger partial charge in [-0.15, -0.1) is 0 Å². The molecule has 0 spiro atoms. The van der Waals surface area contributed by atoms with E-state index in [9.17, 15) is 14.0 Å². The lowest BCUT2D eigenvalue weighted by Crippen LogP contribution is -2.37. The van der Waals surface area contributed by atoms with Gasteiger partial charge in [-0.2, -0.15) is 0 Å². The van der Waals surface area contributed by atoms with Gasteiger partial charge in [-0.05, 0) is 42.0 Å². The summed E-state index contributed by atoms with van der Waals surface area (Å²) in [5.41, 5.74) is 1.46. The predicted octanol–water partition coefficient (Wildman–Crippen LogP) is 5.18. The van der Waals surface area contributed by atoms with Gasteiger partial charge in [0, 0.05) is 0 Å². The topological polar surface area (TPSA) is 49.9 Å². The van der Waals surface area contributed by atoms with Gasteiger partial charge in [0.05, 0.1) is 27.5 Å². The van der Waals surface area contributed by atoms with E-state index in [1.807, 2.05) is 30.3 Å². The SMILES string of the molecule is O=C1[C@H]2[C@@H](ON(c3ccccc3)[C@H]2c2ccc(F)cc2)C(=O)N1c1c(Cl)cccc1Cl. The second kappa shape index (κ2) is 7.64. The number of fused-ring (bicyclic) bond motifs is 1. The maximum absolute atomic E-state index is 13.6. The Hall–Kier alpha value is -2.93. The van der Waals surface area contributed by atoms with Crippen LogP contribution in [-0.4, -0.2) is 17.9 Å². The standard InChI is InChI=1S/C23H15Cl2FN2O3/c24-16-7-4-8-17(25)20(16)27-22(29)18-19(13-9-11-14(26)12-10-13)28(31-21(18)23(27)30)15-5-2-1-3-6-15/h1-12,18-19,21H/t18-,19+,21-/m1/s1. The number of imide groups is 1. The van der Waals surface area contributed by atoms with Gasteiger partial charge in [0.25, 0.3) is 5.91 Å². The number of hydrogen-bond acceptors (Lipinski definition) is 4. The Balaban J connectivity index is 1.61. The second-order valence-electron chi connectivity index (χ2n) is 7.29. The number of hydroxylamine groups is 1. The molecule has 2 aliphatic rings. The lowest BCUT2D eigenvalue weighted by atomic mass is 9.90. The highest BCUT2D eigenvalue weighted by molar-refractivity contribution is 6.42. The van der Waals surface area contributed by atoms with Crippen molar-refractivity contribution in [3.63, 3.8) is 0 Å². The minimum Gasteiger partial charge on any atom is -0.273 e. The summed E-state index contributed by atoms with van der Waals surface area (Å²) in [7, 11) is 0. The summed E-state index contributed by atoms with van der Waals surface area (Å²) in [6.45, 7) is 0. The van der Waals surface area contributed by atoms with Crippen molar-refractivity contribution in [2.75, 3.05) is 9.96 Å². The summed E-state index contributed by atoms with van der Waals surface area (Å²) in [4.78, 5) is 33.8. The predicted molar refractivity (Wildman–Crippen MR) is 115 cm³/mol. The van der Waals surface area contributed by atoms with Crippen LogP contribution in [0, 0.1) is 11.7 Å². The first-order chi connectivity index (χ1) is 15.0. The fourth-order valence-corrected chi connectivity index (χ4v) is 4.70. The number of para-hydroxylation sites is 2. The monoisotopic (exact) mass is 456 g/mol. The van der Waals surface area contributed by atoms with Gasteiger partial charge in [-0.25, -0.2) is 14.4 Å². The number of carbonyl (C=O) groups excluding carboxylic acids is 2. The van der Waals surface area contributed by atoms with Crippen molar-refractivity contribution in [1.29, 1.82) is 0 Å². The lowest BCUT2D eigenvalue weighted by molar-refractivity contribution is -0.126. The molecule has 5 rings (SSSR count). The van der Waals surface area contributed by atoms with Gasteiger partial charge in [0.1, 0.15) is 11.7 Å². The number of halogens is 3. The Morgan fingerprint density at radius 1 is 0.806 bits per heavy atom. The number of rotatable bonds is 3. The van der Waals surface area contributed by atoms with Crippen molar-refractivity contribution in [2.45, 2.75) is 12.1 Å². The number of amides is 2. The number of anilines is 2. The van der Waals surface area contributed by atoms with E-state index in [0.717, 1.165) is 4.90 Å². The number of benzene rings is 3. The van der Waals surface area contributed by atoms with Crippen LogP contribution in [0.1, 0.15) is 11.6 Å². The van der Waals surface area contributed by atoms with E-state index >= 15 is 0 Å². The average Bonchev–Trinajstić information content (AvgIpc) is 3.27. The molecule has 8 heteroatoms. The van der Waals surface area contributed by atoms with E-state index in [-0.39, 0.29) is 15.7 Å². The molecular weight excluding hydrogens is 442 g/mol. The average molecular weight is 457 g/mol. The Bertz CT molecular complexity index is 1150. The van der Waals surface area contributed by atoms with E-state index in [2.05, 4.69) is 0 Å². The second-order valence-corrected chi connectivity index (χ2v) is 8.11. The Morgan fingerprint density at radius 3 is 2.10 bits per heavy atom. The summed E-state index contributed by atoms with van der Waals surface area (Å²) in [5.74, 6) is -2.28. The zero-order valence-electron chi connectivity index (χ0n) is 15.9. The zero-order chi connectivity index (χ0) is 21.7. The summed E-state index contributed by atoms with van der Waals surface area (Å²) >= 11 is 12.5. The van der Waals surface area contributed by atoms with Crippen molar-refractivity contribution < 1.29 is 18.8 Å². The fourth-order valence-electron chi connectivity index (χ4n) is 4.14. The smallest absolute Gasteiger partial charge is 0.266 e. The third-order valence-electron chi connectivity index (χ3n) is 5.50. The number of hydrogen-bond donors (Lipinski definition) is 0. The Labute approximate surface area is 187 Å². The van der Waals surface area contributed by atoms with Crippen LogP contribution in [0.2, 0.25) is 10.0 Å². The molecule has 0 N–H and O–H groups in total. The third kappa shape index (κ3) is 3.19. The molecule has 0 bridgehead atoms. The van der Waals surface area contributed by atoms with Crippen molar-refractivity contribution in [1.82, 2.24) is 0 Å². The molecule has 3 aromatic rings. The molecular formula is C23H15Cl2FN2O3. The summed E-state index contributed by atoms with van der Waals surface area (Å²) < 4.78 is 13.6. The van der Waals surface area contributed by atoms with Gasteiger partial charge >= 0.3 is 0 Å². The highest BCUT2D eigenvalue weighted by Crippen LogP contribution is 2.49. The maximum Gasteiger partial charge on any atom is 0.266 e. The molecule has 0 saturated carbocycles. The first-order valence-electron chi connectivity index (χ1n) is 9.55. The van der Waals surface area contributed by atoms with Crippen LogP contribution in [0.3, 0.4) is 0 Å². The molecule has 31 heavy (non-hydrogen) atoms. The highest BCUT2D eigenvalue weighted by Gasteiger charge is 2.60. The van der Waals surface area contributed by atoms with Gasteiger partial charge in [-0.1, -0.05) is 59.6 Å².